The minimum Gasteiger partial charge on any atom is -0.493 e. The molecular weight excluding hydrogens is 298 g/mol. The first-order valence-corrected chi connectivity index (χ1v) is 7.71. The molecule has 0 bridgehead atoms. The second-order valence-electron chi connectivity index (χ2n) is 6.09. The quantitative estimate of drug-likeness (QED) is 0.805. The van der Waals surface area contributed by atoms with Gasteiger partial charge in [0, 0.05) is 0 Å². The number of carboxylic acids is 1. The van der Waals surface area contributed by atoms with Gasteiger partial charge in [-0.25, -0.2) is 0 Å². The topological polar surface area (TPSA) is 84.9 Å². The number of carboxylic acid groups (broad SMARTS) is 1. The average Bonchev–Trinajstić information content (AvgIpc) is 3.27. The summed E-state index contributed by atoms with van der Waals surface area (Å²) in [7, 11) is 1.57. The van der Waals surface area contributed by atoms with Crippen LogP contribution in [0.1, 0.15) is 38.8 Å². The predicted molar refractivity (Wildman–Crippen MR) is 84.5 cm³/mol. The summed E-state index contributed by atoms with van der Waals surface area (Å²) in [5.74, 6) is -0.829. The molecule has 2 N–H and O–H groups in total. The number of ether oxygens (including phenoxy) is 2. The molecule has 3 atom stereocenters. The zero-order chi connectivity index (χ0) is 17.1. The molecule has 1 aliphatic rings. The zero-order valence-corrected chi connectivity index (χ0v) is 13.8. The van der Waals surface area contributed by atoms with E-state index in [9.17, 15) is 9.59 Å². The summed E-state index contributed by atoms with van der Waals surface area (Å²) in [5.41, 5.74) is 0.874. The number of aliphatic carboxylic acids is 1. The van der Waals surface area contributed by atoms with E-state index in [1.807, 2.05) is 39.0 Å². The first-order chi connectivity index (χ1) is 10.8. The number of nitrogens with one attached hydrogen (secondary N) is 1. The van der Waals surface area contributed by atoms with Crippen LogP contribution in [0.2, 0.25) is 0 Å². The van der Waals surface area contributed by atoms with Crippen molar-refractivity contribution in [1.29, 1.82) is 0 Å². The molecular formula is C17H23NO5. The lowest BCUT2D eigenvalue weighted by Gasteiger charge is -2.18. The Bertz CT molecular complexity index is 599. The van der Waals surface area contributed by atoms with Crippen molar-refractivity contribution < 1.29 is 24.2 Å². The van der Waals surface area contributed by atoms with E-state index in [1.54, 1.807) is 7.11 Å². The third-order valence-corrected chi connectivity index (χ3v) is 3.85. The number of rotatable bonds is 7. The largest absolute Gasteiger partial charge is 0.493 e. The number of carbonyl (C=O) groups excluding carboxylic acids is 1. The van der Waals surface area contributed by atoms with E-state index < -0.39 is 17.8 Å². The van der Waals surface area contributed by atoms with Crippen LogP contribution in [0.3, 0.4) is 0 Å². The van der Waals surface area contributed by atoms with Crippen LogP contribution in [-0.2, 0) is 9.59 Å². The maximum atomic E-state index is 12.0. The van der Waals surface area contributed by atoms with E-state index in [-0.39, 0.29) is 18.1 Å². The summed E-state index contributed by atoms with van der Waals surface area (Å²) < 4.78 is 11.0. The minimum absolute atomic E-state index is 0.0368. The van der Waals surface area contributed by atoms with Gasteiger partial charge in [0.25, 0.3) is 0 Å². The third kappa shape index (κ3) is 4.15. The highest BCUT2D eigenvalue weighted by atomic mass is 16.5. The van der Waals surface area contributed by atoms with Crippen molar-refractivity contribution in [1.82, 2.24) is 5.32 Å². The van der Waals surface area contributed by atoms with E-state index >= 15 is 0 Å². The normalized spacial score (nSPS) is 20.7. The molecule has 1 aliphatic carbocycles. The van der Waals surface area contributed by atoms with Gasteiger partial charge in [-0.2, -0.15) is 0 Å². The molecule has 0 aromatic heterocycles. The van der Waals surface area contributed by atoms with Crippen LogP contribution in [0, 0.1) is 11.8 Å². The van der Waals surface area contributed by atoms with Crippen LogP contribution in [0.4, 0.5) is 0 Å². The first kappa shape index (κ1) is 17.1. The molecule has 126 valence electrons. The Kier molecular flexibility index (Phi) is 5.13. The molecule has 1 amide bonds. The number of methoxy groups -OCH3 is 1. The van der Waals surface area contributed by atoms with Crippen LogP contribution < -0.4 is 14.8 Å². The van der Waals surface area contributed by atoms with E-state index in [2.05, 4.69) is 5.32 Å². The fraction of sp³-hybridized carbons (Fsp3) is 0.529. The van der Waals surface area contributed by atoms with Crippen molar-refractivity contribution in [2.24, 2.45) is 11.8 Å². The number of benzene rings is 1. The standard InChI is InChI=1S/C17H23NO5/c1-9(2)23-14-6-5-11(7-15(14)22-4)10(3)18-16(19)12-8-13(12)17(20)21/h5-7,9-10,12-13H,8H2,1-4H3,(H,18,19)(H,20,21)/t10-,12+,13-/m0/s1. The Labute approximate surface area is 135 Å². The molecule has 6 heteroatoms. The Balaban J connectivity index is 2.03. The van der Waals surface area contributed by atoms with Crippen molar-refractivity contribution in [3.8, 4) is 11.5 Å². The summed E-state index contributed by atoms with van der Waals surface area (Å²) in [6.45, 7) is 5.73. The van der Waals surface area contributed by atoms with E-state index in [0.717, 1.165) is 5.56 Å². The van der Waals surface area contributed by atoms with Gasteiger partial charge in [0.15, 0.2) is 11.5 Å². The fourth-order valence-electron chi connectivity index (χ4n) is 2.47. The third-order valence-electron chi connectivity index (χ3n) is 3.85. The van der Waals surface area contributed by atoms with Gasteiger partial charge in [-0.1, -0.05) is 6.07 Å². The Hall–Kier alpha value is -2.24. The SMILES string of the molecule is COc1cc([C@H](C)NC(=O)[C@@H]2C[C@@H]2C(=O)O)ccc1OC(C)C. The molecule has 1 aromatic carbocycles. The minimum atomic E-state index is -0.908. The van der Waals surface area contributed by atoms with Gasteiger partial charge in [0.05, 0.1) is 31.1 Å². The summed E-state index contributed by atoms with van der Waals surface area (Å²) in [5, 5.41) is 11.7. The molecule has 0 aliphatic heterocycles. The van der Waals surface area contributed by atoms with Crippen molar-refractivity contribution in [2.75, 3.05) is 7.11 Å². The van der Waals surface area contributed by atoms with Gasteiger partial charge in [-0.05, 0) is 44.9 Å². The predicted octanol–water partition coefficient (Wildman–Crippen LogP) is 2.38. The number of hydrogen-bond acceptors (Lipinski definition) is 4. The second-order valence-corrected chi connectivity index (χ2v) is 6.09. The van der Waals surface area contributed by atoms with Crippen LogP contribution >= 0.6 is 0 Å². The lowest BCUT2D eigenvalue weighted by atomic mass is 10.1. The summed E-state index contributed by atoms with van der Waals surface area (Å²) in [6, 6.07) is 5.27. The Morgan fingerprint density at radius 3 is 2.43 bits per heavy atom. The lowest BCUT2D eigenvalue weighted by Crippen LogP contribution is -2.29. The van der Waals surface area contributed by atoms with Crippen LogP contribution in [-0.4, -0.2) is 30.2 Å². The van der Waals surface area contributed by atoms with E-state index in [1.165, 1.54) is 0 Å². The molecule has 0 radical (unpaired) electrons. The molecule has 0 unspecified atom stereocenters. The highest BCUT2D eigenvalue weighted by molar-refractivity contribution is 5.89. The van der Waals surface area contributed by atoms with Crippen molar-refractivity contribution >= 4 is 11.9 Å². The molecule has 1 aromatic rings. The maximum Gasteiger partial charge on any atom is 0.307 e. The number of hydrogen-bond donors (Lipinski definition) is 2. The highest BCUT2D eigenvalue weighted by Crippen LogP contribution is 2.39. The molecule has 0 saturated heterocycles. The molecule has 6 nitrogen and oxygen atoms in total. The van der Waals surface area contributed by atoms with Crippen molar-refractivity contribution in [3.05, 3.63) is 23.8 Å². The molecule has 0 heterocycles. The summed E-state index contributed by atoms with van der Waals surface area (Å²) >= 11 is 0. The van der Waals surface area contributed by atoms with Gasteiger partial charge in [0.2, 0.25) is 5.91 Å². The van der Waals surface area contributed by atoms with Crippen LogP contribution in [0.15, 0.2) is 18.2 Å². The van der Waals surface area contributed by atoms with Crippen LogP contribution in [0.5, 0.6) is 11.5 Å². The highest BCUT2D eigenvalue weighted by Gasteiger charge is 2.48. The number of carbonyl (C=O) groups is 2. The first-order valence-electron chi connectivity index (χ1n) is 7.71. The summed E-state index contributed by atoms with van der Waals surface area (Å²) in [4.78, 5) is 22.9. The number of amides is 1. The van der Waals surface area contributed by atoms with Crippen LogP contribution in [0.25, 0.3) is 0 Å². The zero-order valence-electron chi connectivity index (χ0n) is 13.8. The molecule has 2 rings (SSSR count). The molecule has 1 fully saturated rings. The van der Waals surface area contributed by atoms with Gasteiger partial charge in [-0.15, -0.1) is 0 Å². The average molecular weight is 321 g/mol. The van der Waals surface area contributed by atoms with Crippen molar-refractivity contribution in [3.63, 3.8) is 0 Å². The van der Waals surface area contributed by atoms with Gasteiger partial charge < -0.3 is 19.9 Å². The van der Waals surface area contributed by atoms with Gasteiger partial charge in [-0.3, -0.25) is 9.59 Å². The van der Waals surface area contributed by atoms with E-state index in [0.29, 0.717) is 17.9 Å². The van der Waals surface area contributed by atoms with Gasteiger partial charge >= 0.3 is 5.97 Å². The second kappa shape index (κ2) is 6.89. The maximum absolute atomic E-state index is 12.0. The van der Waals surface area contributed by atoms with Gasteiger partial charge in [0.1, 0.15) is 0 Å². The monoisotopic (exact) mass is 321 g/mol. The lowest BCUT2D eigenvalue weighted by molar-refractivity contribution is -0.140. The molecule has 1 saturated carbocycles. The molecule has 23 heavy (non-hydrogen) atoms. The summed E-state index contributed by atoms with van der Waals surface area (Å²) in [6.07, 6.45) is 0.452. The smallest absolute Gasteiger partial charge is 0.307 e. The fourth-order valence-corrected chi connectivity index (χ4v) is 2.47. The van der Waals surface area contributed by atoms with E-state index in [4.69, 9.17) is 14.6 Å². The molecule has 0 spiro atoms. The van der Waals surface area contributed by atoms with Crippen molar-refractivity contribution in [2.45, 2.75) is 39.3 Å². The Morgan fingerprint density at radius 1 is 1.22 bits per heavy atom. The Morgan fingerprint density at radius 2 is 1.91 bits per heavy atom.